The van der Waals surface area contributed by atoms with E-state index in [1.165, 1.54) is 9.36 Å². The number of tetrazole rings is 1. The van der Waals surface area contributed by atoms with E-state index < -0.39 is 0 Å². The van der Waals surface area contributed by atoms with E-state index in [0.717, 1.165) is 5.56 Å². The molecule has 2 aromatic heterocycles. The van der Waals surface area contributed by atoms with Gasteiger partial charge in [-0.25, -0.2) is 4.57 Å². The molecule has 134 valence electrons. The molecule has 4 rings (SSSR count). The number of hydrogen-bond acceptors (Lipinski definition) is 6. The fourth-order valence-electron chi connectivity index (χ4n) is 2.51. The van der Waals surface area contributed by atoms with E-state index >= 15 is 0 Å². The molecule has 2 heterocycles. The molecule has 0 aliphatic carbocycles. The Balaban J connectivity index is 1.63. The van der Waals surface area contributed by atoms with Crippen LogP contribution in [0.25, 0.3) is 11.4 Å². The lowest BCUT2D eigenvalue weighted by molar-refractivity contribution is 0.0954. The summed E-state index contributed by atoms with van der Waals surface area (Å²) in [5.74, 6) is 0.543. The Morgan fingerprint density at radius 3 is 2.59 bits per heavy atom. The van der Waals surface area contributed by atoms with E-state index in [9.17, 15) is 4.79 Å². The molecule has 0 aliphatic rings. The van der Waals surface area contributed by atoms with Gasteiger partial charge in [-0.05, 0) is 41.7 Å². The SMILES string of the molecule is O=C(c1ccc(Cl)cc1)n1c(Cn2nnc(-c3ccccc3)n2)n[nH]c1=S. The van der Waals surface area contributed by atoms with Crippen LogP contribution in [0.3, 0.4) is 0 Å². The number of benzene rings is 2. The molecule has 0 bridgehead atoms. The summed E-state index contributed by atoms with van der Waals surface area (Å²) in [7, 11) is 0. The Bertz CT molecular complexity index is 1150. The van der Waals surface area contributed by atoms with Gasteiger partial charge in [0.25, 0.3) is 5.91 Å². The normalized spacial score (nSPS) is 10.9. The summed E-state index contributed by atoms with van der Waals surface area (Å²) in [6.45, 7) is 0.131. The molecule has 10 heteroatoms. The highest BCUT2D eigenvalue weighted by Gasteiger charge is 2.17. The van der Waals surface area contributed by atoms with Gasteiger partial charge in [0.2, 0.25) is 10.6 Å². The third-order valence-corrected chi connectivity index (χ3v) is 4.33. The van der Waals surface area contributed by atoms with Gasteiger partial charge in [-0.1, -0.05) is 41.9 Å². The number of H-pyrrole nitrogens is 1. The minimum atomic E-state index is -0.316. The average molecular weight is 398 g/mol. The van der Waals surface area contributed by atoms with Crippen LogP contribution in [0.2, 0.25) is 5.02 Å². The smallest absolute Gasteiger partial charge is 0.265 e. The molecule has 1 N–H and O–H groups in total. The maximum atomic E-state index is 12.8. The topological polar surface area (TPSA) is 94.3 Å². The fraction of sp³-hybridized carbons (Fsp3) is 0.0588. The van der Waals surface area contributed by atoms with Crippen LogP contribution in [0.15, 0.2) is 54.6 Å². The summed E-state index contributed by atoms with van der Waals surface area (Å²) in [4.78, 5) is 14.2. The van der Waals surface area contributed by atoms with Gasteiger partial charge in [-0.15, -0.1) is 10.2 Å². The predicted molar refractivity (Wildman–Crippen MR) is 101 cm³/mol. The molecule has 0 radical (unpaired) electrons. The second-order valence-corrected chi connectivity index (χ2v) is 6.43. The molecule has 8 nitrogen and oxygen atoms in total. The Hall–Kier alpha value is -3.17. The van der Waals surface area contributed by atoms with Gasteiger partial charge >= 0.3 is 0 Å². The first kappa shape index (κ1) is 17.3. The Morgan fingerprint density at radius 1 is 1.11 bits per heavy atom. The standard InChI is InChI=1S/C17H12ClN7OS/c18-13-8-6-12(7-9-13)16(26)25-14(19-21-17(25)27)10-24-22-15(20-23-24)11-4-2-1-3-5-11/h1-9H,10H2,(H,21,27). The minimum Gasteiger partial charge on any atom is -0.268 e. The minimum absolute atomic E-state index is 0.131. The zero-order valence-electron chi connectivity index (χ0n) is 13.8. The van der Waals surface area contributed by atoms with Gasteiger partial charge in [0, 0.05) is 16.1 Å². The molecule has 0 atom stereocenters. The summed E-state index contributed by atoms with van der Waals surface area (Å²) in [6.07, 6.45) is 0. The van der Waals surface area contributed by atoms with Gasteiger partial charge in [-0.3, -0.25) is 9.89 Å². The highest BCUT2D eigenvalue weighted by Crippen LogP contribution is 2.14. The van der Waals surface area contributed by atoms with Crippen LogP contribution in [0.5, 0.6) is 0 Å². The van der Waals surface area contributed by atoms with E-state index in [4.69, 9.17) is 23.8 Å². The van der Waals surface area contributed by atoms with Crippen molar-refractivity contribution in [3.05, 3.63) is 75.8 Å². The number of hydrogen-bond donors (Lipinski definition) is 1. The molecular formula is C17H12ClN7OS. The summed E-state index contributed by atoms with van der Waals surface area (Å²) >= 11 is 11.1. The van der Waals surface area contributed by atoms with E-state index in [1.807, 2.05) is 30.3 Å². The molecule has 0 amide bonds. The maximum Gasteiger partial charge on any atom is 0.265 e. The fourth-order valence-corrected chi connectivity index (χ4v) is 2.87. The Kier molecular flexibility index (Phi) is 4.61. The largest absolute Gasteiger partial charge is 0.268 e. The van der Waals surface area contributed by atoms with Gasteiger partial charge in [0.05, 0.1) is 0 Å². The average Bonchev–Trinajstić information content (AvgIpc) is 3.30. The molecular weight excluding hydrogens is 386 g/mol. The quantitative estimate of drug-likeness (QED) is 0.532. The van der Waals surface area contributed by atoms with Gasteiger partial charge < -0.3 is 0 Å². The zero-order valence-corrected chi connectivity index (χ0v) is 15.4. The molecule has 0 saturated carbocycles. The molecule has 2 aromatic carbocycles. The second-order valence-electron chi connectivity index (χ2n) is 5.60. The molecule has 0 aliphatic heterocycles. The number of rotatable bonds is 4. The molecule has 0 fully saturated rings. The molecule has 0 unspecified atom stereocenters. The van der Waals surface area contributed by atoms with Crippen molar-refractivity contribution >= 4 is 29.7 Å². The van der Waals surface area contributed by atoms with Crippen LogP contribution in [0, 0.1) is 4.77 Å². The van der Waals surface area contributed by atoms with Crippen molar-refractivity contribution in [3.63, 3.8) is 0 Å². The summed E-state index contributed by atoms with van der Waals surface area (Å²) in [5.41, 5.74) is 1.29. The Morgan fingerprint density at radius 2 is 1.85 bits per heavy atom. The first-order chi connectivity index (χ1) is 13.1. The maximum absolute atomic E-state index is 12.8. The summed E-state index contributed by atoms with van der Waals surface area (Å²) < 4.78 is 1.50. The van der Waals surface area contributed by atoms with Crippen molar-refractivity contribution < 1.29 is 4.79 Å². The van der Waals surface area contributed by atoms with Crippen LogP contribution in [-0.4, -0.2) is 40.9 Å². The number of nitrogens with zero attached hydrogens (tertiary/aromatic N) is 6. The molecule has 0 spiro atoms. The first-order valence-corrected chi connectivity index (χ1v) is 8.70. The molecule has 0 saturated heterocycles. The summed E-state index contributed by atoms with van der Waals surface area (Å²) in [6, 6.07) is 16.0. The second kappa shape index (κ2) is 7.22. The number of carbonyl (C=O) groups excluding carboxylic acids is 1. The van der Waals surface area contributed by atoms with E-state index in [0.29, 0.717) is 22.2 Å². The lowest BCUT2D eigenvalue weighted by atomic mass is 10.2. The molecule has 4 aromatic rings. The van der Waals surface area contributed by atoms with E-state index in [-0.39, 0.29) is 17.2 Å². The third kappa shape index (κ3) is 3.55. The predicted octanol–water partition coefficient (Wildman–Crippen LogP) is 2.98. The van der Waals surface area contributed by atoms with Crippen molar-refractivity contribution in [1.82, 2.24) is 35.0 Å². The number of aromatic amines is 1. The van der Waals surface area contributed by atoms with Gasteiger partial charge in [-0.2, -0.15) is 9.90 Å². The van der Waals surface area contributed by atoms with E-state index in [2.05, 4.69) is 25.6 Å². The van der Waals surface area contributed by atoms with Crippen LogP contribution >= 0.6 is 23.8 Å². The van der Waals surface area contributed by atoms with Crippen molar-refractivity contribution in [3.8, 4) is 11.4 Å². The van der Waals surface area contributed by atoms with Crippen molar-refractivity contribution in [2.75, 3.05) is 0 Å². The number of carbonyl (C=O) groups is 1. The first-order valence-electron chi connectivity index (χ1n) is 7.91. The lowest BCUT2D eigenvalue weighted by Gasteiger charge is -2.05. The number of halogens is 1. The Labute approximate surface area is 163 Å². The zero-order chi connectivity index (χ0) is 18.8. The van der Waals surface area contributed by atoms with Crippen LogP contribution < -0.4 is 0 Å². The number of aromatic nitrogens is 7. The van der Waals surface area contributed by atoms with Crippen molar-refractivity contribution in [1.29, 1.82) is 0 Å². The van der Waals surface area contributed by atoms with Gasteiger partial charge in [0.1, 0.15) is 6.54 Å². The van der Waals surface area contributed by atoms with Gasteiger partial charge in [0.15, 0.2) is 5.82 Å². The van der Waals surface area contributed by atoms with Crippen LogP contribution in [-0.2, 0) is 6.54 Å². The van der Waals surface area contributed by atoms with Crippen LogP contribution in [0.1, 0.15) is 16.2 Å². The number of nitrogens with one attached hydrogen (secondary N) is 1. The highest BCUT2D eigenvalue weighted by atomic mass is 35.5. The lowest BCUT2D eigenvalue weighted by Crippen LogP contribution is -2.18. The van der Waals surface area contributed by atoms with Crippen molar-refractivity contribution in [2.24, 2.45) is 0 Å². The summed E-state index contributed by atoms with van der Waals surface area (Å²) in [5, 5.41) is 19.7. The third-order valence-electron chi connectivity index (χ3n) is 3.80. The van der Waals surface area contributed by atoms with Crippen molar-refractivity contribution in [2.45, 2.75) is 6.54 Å². The van der Waals surface area contributed by atoms with E-state index in [1.54, 1.807) is 24.3 Å². The van der Waals surface area contributed by atoms with Crippen LogP contribution in [0.4, 0.5) is 0 Å². The molecule has 27 heavy (non-hydrogen) atoms. The monoisotopic (exact) mass is 397 g/mol. The highest BCUT2D eigenvalue weighted by molar-refractivity contribution is 7.71.